The van der Waals surface area contributed by atoms with Gasteiger partial charge in [0.25, 0.3) is 0 Å². The van der Waals surface area contributed by atoms with Gasteiger partial charge >= 0.3 is 0 Å². The molecular weight excluding hydrogens is 495 g/mol. The zero-order valence-corrected chi connectivity index (χ0v) is 22.1. The molecule has 5 aromatic rings. The molecule has 0 aliphatic rings. The molecule has 3 aromatic carbocycles. The van der Waals surface area contributed by atoms with Crippen molar-refractivity contribution >= 4 is 28.4 Å². The van der Waals surface area contributed by atoms with E-state index in [-0.39, 0.29) is 24.2 Å². The molecule has 0 aliphatic carbocycles. The Bertz CT molecular complexity index is 1610. The number of anilines is 2. The van der Waals surface area contributed by atoms with Crippen LogP contribution in [0.15, 0.2) is 73.1 Å². The molecule has 0 atom stereocenters. The second-order valence-corrected chi connectivity index (χ2v) is 9.43. The van der Waals surface area contributed by atoms with Crippen LogP contribution in [0.1, 0.15) is 31.9 Å². The predicted molar refractivity (Wildman–Crippen MR) is 153 cm³/mol. The molecule has 0 saturated heterocycles. The number of amidine groups is 1. The summed E-state index contributed by atoms with van der Waals surface area (Å²) in [5, 5.41) is 8.82. The largest absolute Gasteiger partial charge is 0.494 e. The van der Waals surface area contributed by atoms with Crippen molar-refractivity contribution in [2.45, 2.75) is 33.4 Å². The first kappa shape index (κ1) is 25.8. The van der Waals surface area contributed by atoms with Gasteiger partial charge in [0.15, 0.2) is 11.6 Å². The molecule has 0 bridgehead atoms. The van der Waals surface area contributed by atoms with Gasteiger partial charge in [-0.2, -0.15) is 0 Å². The van der Waals surface area contributed by atoms with Gasteiger partial charge in [-0.3, -0.25) is 5.41 Å². The minimum absolute atomic E-state index is 0.0283. The molecule has 0 fully saturated rings. The number of fused-ring (bicyclic) bond motifs is 1. The highest BCUT2D eigenvalue weighted by atomic mass is 19.1. The number of aromatic amines is 2. The summed E-state index contributed by atoms with van der Waals surface area (Å²) in [5.74, 6) is 0.707. The first-order valence-corrected chi connectivity index (χ1v) is 12.8. The topological polar surface area (TPSA) is 116 Å². The Balaban J connectivity index is 1.56. The molecule has 0 saturated carbocycles. The SMILES string of the molecule is CCOc1cc(CN(c2ccc(C(=N)N)cc2)c2nc(-c3ccc4[nH]ccc4c3)c[nH]2)c(F)c(OC(C)C)c1. The van der Waals surface area contributed by atoms with Gasteiger partial charge in [-0.15, -0.1) is 0 Å². The third-order valence-corrected chi connectivity index (χ3v) is 6.25. The molecular formula is C30H31FN6O2. The highest BCUT2D eigenvalue weighted by molar-refractivity contribution is 5.95. The maximum Gasteiger partial charge on any atom is 0.208 e. The number of nitrogens with two attached hydrogens (primary N) is 1. The monoisotopic (exact) mass is 526 g/mol. The van der Waals surface area contributed by atoms with Crippen molar-refractivity contribution in [3.05, 3.63) is 90.0 Å². The summed E-state index contributed by atoms with van der Waals surface area (Å²) >= 11 is 0. The fourth-order valence-corrected chi connectivity index (χ4v) is 4.42. The van der Waals surface area contributed by atoms with Crippen molar-refractivity contribution in [2.24, 2.45) is 5.73 Å². The Hall–Kier alpha value is -4.79. The van der Waals surface area contributed by atoms with Crippen molar-refractivity contribution < 1.29 is 13.9 Å². The van der Waals surface area contributed by atoms with Crippen LogP contribution in [0, 0.1) is 11.2 Å². The van der Waals surface area contributed by atoms with E-state index in [4.69, 9.17) is 25.6 Å². The van der Waals surface area contributed by atoms with E-state index in [1.807, 2.05) is 68.4 Å². The molecule has 0 unspecified atom stereocenters. The number of ether oxygens (including phenoxy) is 2. The van der Waals surface area contributed by atoms with Crippen molar-refractivity contribution in [1.29, 1.82) is 5.41 Å². The van der Waals surface area contributed by atoms with Crippen LogP contribution in [-0.4, -0.2) is 33.5 Å². The zero-order valence-electron chi connectivity index (χ0n) is 22.1. The number of hydrogen-bond acceptors (Lipinski definition) is 5. The van der Waals surface area contributed by atoms with Crippen molar-refractivity contribution in [2.75, 3.05) is 11.5 Å². The van der Waals surface area contributed by atoms with E-state index in [1.54, 1.807) is 24.3 Å². The standard InChI is InChI=1S/C30H31FN6O2/c1-4-38-24-14-22(28(31)27(15-24)39-18(2)3)17-37(23-8-5-19(6-9-23)29(32)33)30-35-16-26(36-30)20-7-10-25-21(13-20)11-12-34-25/h5-16,18,34H,4,17H2,1-3H3,(H3,32,33)(H,35,36). The predicted octanol–water partition coefficient (Wildman–Crippen LogP) is 6.51. The maximum absolute atomic E-state index is 15.7. The van der Waals surface area contributed by atoms with Crippen LogP contribution in [-0.2, 0) is 6.54 Å². The Kier molecular flexibility index (Phi) is 7.23. The van der Waals surface area contributed by atoms with Gasteiger partial charge in [0.1, 0.15) is 11.6 Å². The fourth-order valence-electron chi connectivity index (χ4n) is 4.42. The fraction of sp³-hybridized carbons (Fsp3) is 0.200. The molecule has 200 valence electrons. The molecule has 39 heavy (non-hydrogen) atoms. The van der Waals surface area contributed by atoms with Crippen molar-refractivity contribution in [1.82, 2.24) is 15.0 Å². The first-order chi connectivity index (χ1) is 18.8. The van der Waals surface area contributed by atoms with Crippen LogP contribution in [0.25, 0.3) is 22.2 Å². The molecule has 2 aromatic heterocycles. The number of nitrogen functional groups attached to an aromatic ring is 1. The van der Waals surface area contributed by atoms with Crippen LogP contribution in [0.2, 0.25) is 0 Å². The lowest BCUT2D eigenvalue weighted by Gasteiger charge is -2.24. The van der Waals surface area contributed by atoms with E-state index in [2.05, 4.69) is 16.0 Å². The smallest absolute Gasteiger partial charge is 0.208 e. The summed E-state index contributed by atoms with van der Waals surface area (Å²) in [4.78, 5) is 13.2. The number of rotatable bonds is 10. The molecule has 0 aliphatic heterocycles. The third-order valence-electron chi connectivity index (χ3n) is 6.25. The van der Waals surface area contributed by atoms with E-state index >= 15 is 4.39 Å². The number of aromatic nitrogens is 3. The third kappa shape index (κ3) is 5.57. The zero-order chi connectivity index (χ0) is 27.5. The Morgan fingerprint density at radius 1 is 1.08 bits per heavy atom. The quantitative estimate of drug-likeness (QED) is 0.122. The molecule has 5 N–H and O–H groups in total. The average molecular weight is 527 g/mol. The second-order valence-electron chi connectivity index (χ2n) is 9.43. The van der Waals surface area contributed by atoms with Gasteiger partial charge in [-0.1, -0.05) is 6.07 Å². The van der Waals surface area contributed by atoms with Gasteiger partial charge in [-0.25, -0.2) is 9.37 Å². The number of nitrogens with zero attached hydrogens (tertiary/aromatic N) is 2. The number of halogens is 1. The number of hydrogen-bond donors (Lipinski definition) is 4. The van der Waals surface area contributed by atoms with E-state index in [0.29, 0.717) is 29.4 Å². The molecule has 0 spiro atoms. The van der Waals surface area contributed by atoms with Gasteiger partial charge in [0, 0.05) is 51.7 Å². The van der Waals surface area contributed by atoms with Crippen LogP contribution in [0.5, 0.6) is 11.5 Å². The lowest BCUT2D eigenvalue weighted by molar-refractivity contribution is 0.228. The summed E-state index contributed by atoms with van der Waals surface area (Å²) in [5.41, 5.74) is 10.1. The highest BCUT2D eigenvalue weighted by Crippen LogP contribution is 2.34. The molecule has 5 rings (SSSR count). The van der Waals surface area contributed by atoms with Crippen LogP contribution in [0.4, 0.5) is 16.0 Å². The number of nitrogens with one attached hydrogen (secondary N) is 3. The van der Waals surface area contributed by atoms with E-state index in [1.165, 1.54) is 0 Å². The first-order valence-electron chi connectivity index (χ1n) is 12.8. The van der Waals surface area contributed by atoms with Gasteiger partial charge in [0.2, 0.25) is 5.95 Å². The molecule has 0 amide bonds. The van der Waals surface area contributed by atoms with Gasteiger partial charge < -0.3 is 30.1 Å². The summed E-state index contributed by atoms with van der Waals surface area (Å²) in [6.45, 7) is 6.17. The number of benzene rings is 3. The minimum Gasteiger partial charge on any atom is -0.494 e. The van der Waals surface area contributed by atoms with Gasteiger partial charge in [-0.05, 0) is 69.3 Å². The number of H-pyrrole nitrogens is 2. The van der Waals surface area contributed by atoms with Crippen LogP contribution < -0.4 is 20.1 Å². The minimum atomic E-state index is -0.456. The number of imidazole rings is 1. The highest BCUT2D eigenvalue weighted by Gasteiger charge is 2.21. The molecule has 9 heteroatoms. The Morgan fingerprint density at radius 2 is 1.87 bits per heavy atom. The average Bonchev–Trinajstić information content (AvgIpc) is 3.59. The molecule has 8 nitrogen and oxygen atoms in total. The van der Waals surface area contributed by atoms with E-state index in [9.17, 15) is 0 Å². The van der Waals surface area contributed by atoms with E-state index < -0.39 is 5.82 Å². The maximum atomic E-state index is 15.7. The van der Waals surface area contributed by atoms with E-state index in [0.717, 1.165) is 27.8 Å². The summed E-state index contributed by atoms with van der Waals surface area (Å²) in [6, 6.07) is 18.6. The Labute approximate surface area is 226 Å². The van der Waals surface area contributed by atoms with Gasteiger partial charge in [0.05, 0.1) is 24.9 Å². The summed E-state index contributed by atoms with van der Waals surface area (Å²) in [6.07, 6.45) is 3.53. The lowest BCUT2D eigenvalue weighted by Crippen LogP contribution is -2.20. The Morgan fingerprint density at radius 3 is 2.59 bits per heavy atom. The van der Waals surface area contributed by atoms with Crippen LogP contribution in [0.3, 0.4) is 0 Å². The normalized spacial score (nSPS) is 11.2. The second kappa shape index (κ2) is 10.9. The summed E-state index contributed by atoms with van der Waals surface area (Å²) in [7, 11) is 0. The molecule has 2 heterocycles. The van der Waals surface area contributed by atoms with Crippen molar-refractivity contribution in [3.63, 3.8) is 0 Å². The molecule has 0 radical (unpaired) electrons. The van der Waals surface area contributed by atoms with Crippen molar-refractivity contribution in [3.8, 4) is 22.8 Å². The lowest BCUT2D eigenvalue weighted by atomic mass is 10.1. The van der Waals surface area contributed by atoms with Crippen LogP contribution >= 0.6 is 0 Å². The summed E-state index contributed by atoms with van der Waals surface area (Å²) < 4.78 is 27.2.